The number of ether oxygens (including phenoxy) is 3. The lowest BCUT2D eigenvalue weighted by atomic mass is 10.1. The lowest BCUT2D eigenvalue weighted by molar-refractivity contribution is -0.132. The van der Waals surface area contributed by atoms with Crippen molar-refractivity contribution in [1.29, 1.82) is 0 Å². The molecule has 0 aromatic carbocycles. The van der Waals surface area contributed by atoms with Gasteiger partial charge in [0, 0.05) is 6.92 Å². The predicted molar refractivity (Wildman–Crippen MR) is 184 cm³/mol. The first-order valence-electron chi connectivity index (χ1n) is 15.8. The van der Waals surface area contributed by atoms with Crippen molar-refractivity contribution in [2.24, 2.45) is 0 Å². The summed E-state index contributed by atoms with van der Waals surface area (Å²) in [5.41, 5.74) is 0.829. The molecule has 0 N–H and O–H groups in total. The first-order valence-corrected chi connectivity index (χ1v) is 24.6. The van der Waals surface area contributed by atoms with E-state index in [-0.39, 0.29) is 27.0 Å². The maximum Gasteiger partial charge on any atom is 0.329 e. The second kappa shape index (κ2) is 12.7. The molecule has 1 aliphatic rings. The molecule has 4 atom stereocenters. The summed E-state index contributed by atoms with van der Waals surface area (Å²) in [4.78, 5) is 25.3. The molecule has 11 nitrogen and oxygen atoms in total. The van der Waals surface area contributed by atoms with Crippen LogP contribution in [0.25, 0.3) is 11.2 Å². The number of hydrogen-bond donors (Lipinski definition) is 0. The fraction of sp³-hybridized carbons (Fsp3) is 0.806. The van der Waals surface area contributed by atoms with Crippen LogP contribution >= 0.6 is 0 Å². The first kappa shape index (κ1) is 37.8. The molecule has 1 saturated heterocycles. The van der Waals surface area contributed by atoms with Crippen molar-refractivity contribution in [3.05, 3.63) is 6.33 Å². The predicted octanol–water partition coefficient (Wildman–Crippen LogP) is 7.46. The fourth-order valence-corrected chi connectivity index (χ4v) is 7.87. The number of methoxy groups -OCH3 is 1. The maximum atomic E-state index is 11.8. The zero-order valence-electron chi connectivity index (χ0n) is 30.7. The highest BCUT2D eigenvalue weighted by atomic mass is 28.4. The van der Waals surface area contributed by atoms with Crippen LogP contribution in [0.1, 0.15) is 75.5 Å². The van der Waals surface area contributed by atoms with E-state index < -0.39 is 55.5 Å². The number of aromatic nitrogens is 4. The van der Waals surface area contributed by atoms with Gasteiger partial charge in [-0.15, -0.1) is 0 Å². The van der Waals surface area contributed by atoms with E-state index in [4.69, 9.17) is 27.5 Å². The molecule has 2 aromatic rings. The van der Waals surface area contributed by atoms with Gasteiger partial charge in [0.1, 0.15) is 18.3 Å². The second-order valence-corrected chi connectivity index (χ2v) is 31.1. The molecule has 1 aliphatic heterocycles. The van der Waals surface area contributed by atoms with Gasteiger partial charge < -0.3 is 27.5 Å². The van der Waals surface area contributed by atoms with Crippen molar-refractivity contribution in [2.45, 2.75) is 148 Å². The summed E-state index contributed by atoms with van der Waals surface area (Å²) in [7, 11) is -5.31. The summed E-state index contributed by atoms with van der Waals surface area (Å²) in [6.45, 7) is 35.2. The Morgan fingerprint density at radius 3 is 1.82 bits per heavy atom. The Hall–Kier alpha value is -1.69. The molecule has 3 heterocycles. The smallest absolute Gasteiger partial charge is 0.329 e. The minimum Gasteiger partial charge on any atom is -0.479 e. The molecule has 1 fully saturated rings. The molecule has 45 heavy (non-hydrogen) atoms. The van der Waals surface area contributed by atoms with Crippen LogP contribution in [-0.4, -0.2) is 82.5 Å². The molecule has 0 unspecified atom stereocenters. The highest BCUT2D eigenvalue weighted by molar-refractivity contribution is 6.75. The zero-order chi connectivity index (χ0) is 34.6. The standard InChI is InChI=1S/C31H58N4O7Si3/c1-20(36)39-28-33-25-22(26(34-28)37-11)32-19-35(25)27-24(42-45(16,17)31(8,9)10)23(41-44(14,15)30(5,6)7)21(40-27)18-38-43(12,13)29(2,3)4/h19,21,23-24,27H,18H2,1-17H3/t21-,23-,24-,27-/m1/s1. The Morgan fingerprint density at radius 2 is 1.36 bits per heavy atom. The van der Waals surface area contributed by atoms with E-state index in [9.17, 15) is 4.79 Å². The molecular weight excluding hydrogens is 625 g/mol. The SMILES string of the molecule is COc1nc(OC(C)=O)nc2c1ncn2[C@@H]1O[C@H](CO[Si](C)(C)C(C)(C)C)[C@@H](O[Si](C)(C)C(C)(C)C)[C@H]1O[Si](C)(C)C(C)(C)C. The average Bonchev–Trinajstić information content (AvgIpc) is 3.40. The monoisotopic (exact) mass is 682 g/mol. The minimum absolute atomic E-state index is 0.0268. The molecular formula is C31H58N4O7Si3. The van der Waals surface area contributed by atoms with Crippen molar-refractivity contribution in [3.63, 3.8) is 0 Å². The number of imidazole rings is 1. The third-order valence-corrected chi connectivity index (χ3v) is 23.7. The normalized spacial score (nSPS) is 22.2. The molecule has 14 heteroatoms. The second-order valence-electron chi connectivity index (χ2n) is 16.8. The van der Waals surface area contributed by atoms with Crippen LogP contribution in [0.2, 0.25) is 54.4 Å². The highest BCUT2D eigenvalue weighted by Crippen LogP contribution is 2.47. The molecule has 0 amide bonds. The fourth-order valence-electron chi connectivity index (χ4n) is 4.25. The summed E-state index contributed by atoms with van der Waals surface area (Å²) in [6.07, 6.45) is -0.321. The molecule has 2 aromatic heterocycles. The number of carbonyl (C=O) groups is 1. The van der Waals surface area contributed by atoms with E-state index >= 15 is 0 Å². The largest absolute Gasteiger partial charge is 0.479 e. The Kier molecular flexibility index (Phi) is 10.7. The average molecular weight is 683 g/mol. The van der Waals surface area contributed by atoms with Gasteiger partial charge in [-0.05, 0) is 54.4 Å². The van der Waals surface area contributed by atoms with Gasteiger partial charge in [0.25, 0.3) is 0 Å². The van der Waals surface area contributed by atoms with Gasteiger partial charge in [0.15, 0.2) is 42.3 Å². The molecule has 0 radical (unpaired) electrons. The third-order valence-electron chi connectivity index (χ3n) is 10.2. The minimum atomic E-state index is -2.36. The number of nitrogens with zero attached hydrogens (tertiary/aromatic N) is 4. The van der Waals surface area contributed by atoms with Gasteiger partial charge in [-0.1, -0.05) is 62.3 Å². The van der Waals surface area contributed by atoms with Crippen LogP contribution in [0.15, 0.2) is 6.33 Å². The van der Waals surface area contributed by atoms with Crippen LogP contribution in [-0.2, 0) is 22.8 Å². The van der Waals surface area contributed by atoms with Crippen LogP contribution in [0.5, 0.6) is 11.9 Å². The lowest BCUT2D eigenvalue weighted by Gasteiger charge is -2.44. The van der Waals surface area contributed by atoms with Gasteiger partial charge >= 0.3 is 12.0 Å². The van der Waals surface area contributed by atoms with Crippen molar-refractivity contribution in [2.75, 3.05) is 13.7 Å². The van der Waals surface area contributed by atoms with Gasteiger partial charge in [-0.25, -0.2) is 4.98 Å². The molecule has 3 rings (SSSR count). The number of rotatable bonds is 10. The Labute approximate surface area is 273 Å². The van der Waals surface area contributed by atoms with E-state index in [1.54, 1.807) is 6.33 Å². The Bertz CT molecular complexity index is 1360. The first-order chi connectivity index (χ1) is 20.2. The van der Waals surface area contributed by atoms with E-state index in [2.05, 4.69) is 117 Å². The van der Waals surface area contributed by atoms with Crippen LogP contribution in [0.4, 0.5) is 0 Å². The summed E-state index contributed by atoms with van der Waals surface area (Å²) in [6, 6.07) is -0.125. The van der Waals surface area contributed by atoms with E-state index in [0.29, 0.717) is 17.8 Å². The summed E-state index contributed by atoms with van der Waals surface area (Å²) < 4.78 is 40.9. The van der Waals surface area contributed by atoms with Crippen molar-refractivity contribution in [1.82, 2.24) is 19.5 Å². The van der Waals surface area contributed by atoms with Crippen molar-refractivity contribution >= 4 is 42.1 Å². The molecule has 0 bridgehead atoms. The van der Waals surface area contributed by atoms with E-state index in [1.807, 2.05) is 4.57 Å². The number of fused-ring (bicyclic) bond motifs is 1. The highest BCUT2D eigenvalue weighted by Gasteiger charge is 2.55. The third kappa shape index (κ3) is 8.07. The van der Waals surface area contributed by atoms with Crippen molar-refractivity contribution in [3.8, 4) is 11.9 Å². The van der Waals surface area contributed by atoms with Gasteiger partial charge in [-0.2, -0.15) is 9.97 Å². The zero-order valence-corrected chi connectivity index (χ0v) is 33.7. The maximum absolute atomic E-state index is 11.8. The summed E-state index contributed by atoms with van der Waals surface area (Å²) in [5, 5.41) is -0.0860. The Morgan fingerprint density at radius 1 is 0.844 bits per heavy atom. The van der Waals surface area contributed by atoms with Gasteiger partial charge in [-0.3, -0.25) is 9.36 Å². The van der Waals surface area contributed by atoms with Crippen LogP contribution in [0, 0.1) is 0 Å². The van der Waals surface area contributed by atoms with Crippen LogP contribution < -0.4 is 9.47 Å². The van der Waals surface area contributed by atoms with Gasteiger partial charge in [0.2, 0.25) is 5.88 Å². The number of carbonyl (C=O) groups excluding carboxylic acids is 1. The molecule has 0 aliphatic carbocycles. The number of esters is 1. The van der Waals surface area contributed by atoms with E-state index in [0.717, 1.165) is 0 Å². The Balaban J connectivity index is 2.24. The van der Waals surface area contributed by atoms with Crippen LogP contribution in [0.3, 0.4) is 0 Å². The summed E-state index contributed by atoms with van der Waals surface area (Å²) >= 11 is 0. The number of hydrogen-bond acceptors (Lipinski definition) is 10. The molecule has 256 valence electrons. The topological polar surface area (TPSA) is 116 Å². The van der Waals surface area contributed by atoms with E-state index in [1.165, 1.54) is 14.0 Å². The quantitative estimate of drug-likeness (QED) is 0.185. The van der Waals surface area contributed by atoms with Gasteiger partial charge in [0.05, 0.1) is 20.0 Å². The van der Waals surface area contributed by atoms with Crippen molar-refractivity contribution < 1.29 is 32.3 Å². The molecule has 0 spiro atoms. The lowest BCUT2D eigenvalue weighted by Crippen LogP contribution is -2.54. The summed E-state index contributed by atoms with van der Waals surface area (Å²) in [5.74, 6) is -0.342. The molecule has 0 saturated carbocycles.